The highest BCUT2D eigenvalue weighted by molar-refractivity contribution is 6.00. The van der Waals surface area contributed by atoms with E-state index in [2.05, 4.69) is 0 Å². The highest BCUT2D eigenvalue weighted by atomic mass is 16.5. The van der Waals surface area contributed by atoms with E-state index in [1.54, 1.807) is 66.0 Å². The lowest BCUT2D eigenvalue weighted by atomic mass is 9.53. The molecule has 0 amide bonds. The molecule has 0 fully saturated rings. The number of aliphatic carboxylic acids is 2. The van der Waals surface area contributed by atoms with Crippen LogP contribution in [0.1, 0.15) is 40.2 Å². The predicted octanol–water partition coefficient (Wildman–Crippen LogP) is 3.94. The molecule has 132 valence electrons. The van der Waals surface area contributed by atoms with Gasteiger partial charge in [0.05, 0.1) is 7.11 Å². The van der Waals surface area contributed by atoms with E-state index in [-0.39, 0.29) is 0 Å². The fraction of sp³-hybridized carbons (Fsp3) is 0.474. The Balaban J connectivity index is 3.37. The summed E-state index contributed by atoms with van der Waals surface area (Å²) in [6, 6.07) is 7.23. The third-order valence-electron chi connectivity index (χ3n) is 4.54. The lowest BCUT2D eigenvalue weighted by Crippen LogP contribution is -2.58. The summed E-state index contributed by atoms with van der Waals surface area (Å²) in [5.41, 5.74) is -3.24. The van der Waals surface area contributed by atoms with Crippen LogP contribution in [0.5, 0.6) is 5.75 Å². The summed E-state index contributed by atoms with van der Waals surface area (Å²) in [5, 5.41) is 19.6. The lowest BCUT2D eigenvalue weighted by molar-refractivity contribution is -0.183. The van der Waals surface area contributed by atoms with Crippen LogP contribution in [-0.2, 0) is 9.59 Å². The second-order valence-electron chi connectivity index (χ2n) is 7.44. The summed E-state index contributed by atoms with van der Waals surface area (Å²) >= 11 is 0. The van der Waals surface area contributed by atoms with E-state index in [1.807, 2.05) is 12.1 Å². The molecule has 1 aromatic rings. The van der Waals surface area contributed by atoms with Gasteiger partial charge in [0.1, 0.15) is 5.75 Å². The van der Waals surface area contributed by atoms with Gasteiger partial charge in [-0.3, -0.25) is 9.59 Å². The van der Waals surface area contributed by atoms with Crippen LogP contribution in [0.2, 0.25) is 0 Å². The second kappa shape index (κ2) is 6.67. The first-order chi connectivity index (χ1) is 10.9. The van der Waals surface area contributed by atoms with Crippen LogP contribution < -0.4 is 4.74 Å². The van der Waals surface area contributed by atoms with Crippen LogP contribution in [0.15, 0.2) is 30.3 Å². The van der Waals surface area contributed by atoms with Gasteiger partial charge in [-0.2, -0.15) is 0 Å². The molecule has 0 heterocycles. The Morgan fingerprint density at radius 3 is 1.75 bits per heavy atom. The molecule has 0 spiro atoms. The molecule has 0 saturated heterocycles. The molecule has 0 aliphatic carbocycles. The Morgan fingerprint density at radius 1 is 0.958 bits per heavy atom. The number of benzene rings is 1. The van der Waals surface area contributed by atoms with E-state index in [0.717, 1.165) is 5.56 Å². The van der Waals surface area contributed by atoms with E-state index in [0.29, 0.717) is 5.75 Å². The first-order valence-corrected chi connectivity index (χ1v) is 7.70. The van der Waals surface area contributed by atoms with Gasteiger partial charge in [0, 0.05) is 5.41 Å². The van der Waals surface area contributed by atoms with E-state index in [9.17, 15) is 19.8 Å². The Kier molecular flexibility index (Phi) is 5.49. The van der Waals surface area contributed by atoms with E-state index in [1.165, 1.54) is 0 Å². The van der Waals surface area contributed by atoms with E-state index in [4.69, 9.17) is 4.74 Å². The zero-order valence-corrected chi connectivity index (χ0v) is 15.1. The van der Waals surface area contributed by atoms with Crippen LogP contribution in [-0.4, -0.2) is 29.3 Å². The largest absolute Gasteiger partial charge is 0.497 e. The Morgan fingerprint density at radius 2 is 1.42 bits per heavy atom. The zero-order chi connectivity index (χ0) is 18.8. The molecule has 24 heavy (non-hydrogen) atoms. The number of carboxylic acid groups (broad SMARTS) is 2. The van der Waals surface area contributed by atoms with Crippen molar-refractivity contribution in [1.29, 1.82) is 0 Å². The summed E-state index contributed by atoms with van der Waals surface area (Å²) in [4.78, 5) is 24.0. The van der Waals surface area contributed by atoms with Crippen molar-refractivity contribution in [1.82, 2.24) is 0 Å². The van der Waals surface area contributed by atoms with Crippen molar-refractivity contribution in [3.63, 3.8) is 0 Å². The van der Waals surface area contributed by atoms with Gasteiger partial charge < -0.3 is 14.9 Å². The molecule has 0 aliphatic rings. The Labute approximate surface area is 143 Å². The minimum atomic E-state index is -1.97. The van der Waals surface area contributed by atoms with Gasteiger partial charge in [0.25, 0.3) is 0 Å². The van der Waals surface area contributed by atoms with E-state index < -0.39 is 28.2 Å². The lowest BCUT2D eigenvalue weighted by Gasteiger charge is -2.47. The smallest absolute Gasteiger partial charge is 0.322 e. The Hall–Kier alpha value is -2.30. The van der Waals surface area contributed by atoms with Crippen LogP contribution in [0.25, 0.3) is 6.08 Å². The third kappa shape index (κ3) is 3.30. The molecule has 0 radical (unpaired) electrons. The maximum atomic E-state index is 12.0. The second-order valence-corrected chi connectivity index (χ2v) is 7.44. The number of hydrogen-bond acceptors (Lipinski definition) is 3. The summed E-state index contributed by atoms with van der Waals surface area (Å²) in [6.07, 6.45) is 3.40. The number of ether oxygens (including phenoxy) is 1. The molecular formula is C19H26O5. The highest BCUT2D eigenvalue weighted by Gasteiger charge is 2.63. The van der Waals surface area contributed by atoms with Crippen molar-refractivity contribution in [2.24, 2.45) is 16.2 Å². The van der Waals surface area contributed by atoms with Gasteiger partial charge in [-0.25, -0.2) is 0 Å². The van der Waals surface area contributed by atoms with Gasteiger partial charge in [-0.15, -0.1) is 0 Å². The number of hydrogen-bond donors (Lipinski definition) is 2. The SMILES string of the molecule is COc1ccc(C=CC(C)(C)C(C(=O)O)(C(=O)O)C(C)(C)C)cc1. The first kappa shape index (κ1) is 19.7. The van der Waals surface area contributed by atoms with Crippen molar-refractivity contribution in [2.45, 2.75) is 34.6 Å². The molecule has 0 atom stereocenters. The molecular weight excluding hydrogens is 308 g/mol. The molecule has 5 nitrogen and oxygen atoms in total. The Bertz CT molecular complexity index is 619. The average molecular weight is 334 g/mol. The molecule has 0 unspecified atom stereocenters. The van der Waals surface area contributed by atoms with Crippen molar-refractivity contribution in [2.75, 3.05) is 7.11 Å². The maximum absolute atomic E-state index is 12.0. The van der Waals surface area contributed by atoms with Gasteiger partial charge in [0.15, 0.2) is 5.41 Å². The molecule has 1 aromatic carbocycles. The van der Waals surface area contributed by atoms with Crippen LogP contribution >= 0.6 is 0 Å². The molecule has 0 aliphatic heterocycles. The third-order valence-corrected chi connectivity index (χ3v) is 4.54. The summed E-state index contributed by atoms with van der Waals surface area (Å²) in [5.74, 6) is -1.97. The van der Waals surface area contributed by atoms with Gasteiger partial charge >= 0.3 is 11.9 Å². The monoisotopic (exact) mass is 334 g/mol. The number of allylic oxidation sites excluding steroid dienone is 1. The number of carbonyl (C=O) groups is 2. The molecule has 2 N–H and O–H groups in total. The van der Waals surface area contributed by atoms with Gasteiger partial charge in [-0.05, 0) is 23.1 Å². The highest BCUT2D eigenvalue weighted by Crippen LogP contribution is 2.53. The van der Waals surface area contributed by atoms with Crippen LogP contribution in [0.3, 0.4) is 0 Å². The number of rotatable bonds is 6. The minimum absolute atomic E-state index is 0.714. The fourth-order valence-corrected chi connectivity index (χ4v) is 3.40. The summed E-state index contributed by atoms with van der Waals surface area (Å²) in [7, 11) is 1.57. The molecule has 0 bridgehead atoms. The molecule has 1 rings (SSSR count). The average Bonchev–Trinajstić information content (AvgIpc) is 2.43. The standard InChI is InChI=1S/C19H26O5/c1-17(2,3)19(15(20)21,16(22)23)18(4,5)12-11-13-7-9-14(24-6)10-8-13/h7-12H,1-6H3,(H,20,21)(H,22,23). The predicted molar refractivity (Wildman–Crippen MR) is 93.0 cm³/mol. The molecule has 5 heteroatoms. The van der Waals surface area contributed by atoms with E-state index >= 15 is 0 Å². The fourth-order valence-electron chi connectivity index (χ4n) is 3.40. The van der Waals surface area contributed by atoms with Crippen molar-refractivity contribution >= 4 is 18.0 Å². The van der Waals surface area contributed by atoms with Crippen LogP contribution in [0.4, 0.5) is 0 Å². The molecule has 0 aromatic heterocycles. The van der Waals surface area contributed by atoms with Gasteiger partial charge in [0.2, 0.25) is 0 Å². The van der Waals surface area contributed by atoms with Crippen molar-refractivity contribution in [3.8, 4) is 5.75 Å². The minimum Gasteiger partial charge on any atom is -0.497 e. The number of carboxylic acids is 2. The topological polar surface area (TPSA) is 83.8 Å². The summed E-state index contributed by atoms with van der Waals surface area (Å²) < 4.78 is 5.10. The number of methoxy groups -OCH3 is 1. The van der Waals surface area contributed by atoms with Crippen LogP contribution in [0, 0.1) is 16.2 Å². The van der Waals surface area contributed by atoms with Gasteiger partial charge in [-0.1, -0.05) is 58.9 Å². The quantitative estimate of drug-likeness (QED) is 0.770. The maximum Gasteiger partial charge on any atom is 0.322 e. The van der Waals surface area contributed by atoms with Crippen molar-refractivity contribution < 1.29 is 24.5 Å². The molecule has 0 saturated carbocycles. The van der Waals surface area contributed by atoms with Crippen molar-refractivity contribution in [3.05, 3.63) is 35.9 Å². The summed E-state index contributed by atoms with van der Waals surface area (Å²) in [6.45, 7) is 8.19. The normalized spacial score (nSPS) is 13.1. The first-order valence-electron chi connectivity index (χ1n) is 7.70. The zero-order valence-electron chi connectivity index (χ0n) is 15.1.